The Labute approximate surface area is 141 Å². The molecule has 0 nitrogen and oxygen atoms in total. The molecule has 2 aromatic carbocycles. The quantitative estimate of drug-likeness (QED) is 0.541. The molecule has 0 aliphatic heterocycles. The maximum atomic E-state index is 4.04. The third-order valence-electron chi connectivity index (χ3n) is 4.77. The molecule has 23 heavy (non-hydrogen) atoms. The molecule has 0 radical (unpaired) electrons. The van der Waals surface area contributed by atoms with E-state index in [-0.39, 0.29) is 0 Å². The van der Waals surface area contributed by atoms with Crippen LogP contribution in [0.15, 0.2) is 36.9 Å². The number of fused-ring (bicyclic) bond motifs is 1. The Kier molecular flexibility index (Phi) is 5.60. The molecule has 1 atom stereocenters. The van der Waals surface area contributed by atoms with Crippen molar-refractivity contribution in [2.75, 3.05) is 0 Å². The third kappa shape index (κ3) is 3.17. The van der Waals surface area contributed by atoms with Crippen molar-refractivity contribution in [1.29, 1.82) is 0 Å². The van der Waals surface area contributed by atoms with Gasteiger partial charge in [0.15, 0.2) is 0 Å². The van der Waals surface area contributed by atoms with Crippen LogP contribution < -0.4 is 0 Å². The van der Waals surface area contributed by atoms with Gasteiger partial charge in [-0.2, -0.15) is 0 Å². The molecule has 120 valence electrons. The van der Waals surface area contributed by atoms with Crippen LogP contribution in [0, 0.1) is 6.92 Å². The molecule has 1 unspecified atom stereocenters. The van der Waals surface area contributed by atoms with E-state index in [0.29, 0.717) is 5.92 Å². The highest BCUT2D eigenvalue weighted by Gasteiger charge is 2.14. The molecule has 0 aliphatic carbocycles. The highest BCUT2D eigenvalue weighted by atomic mass is 14.2. The van der Waals surface area contributed by atoms with Gasteiger partial charge < -0.3 is 0 Å². The largest absolute Gasteiger partial charge is 0.0984 e. The molecule has 0 bridgehead atoms. The summed E-state index contributed by atoms with van der Waals surface area (Å²) >= 11 is 0. The molecule has 0 fully saturated rings. The van der Waals surface area contributed by atoms with Crippen LogP contribution >= 0.6 is 0 Å². The molecule has 0 heteroatoms. The van der Waals surface area contributed by atoms with Gasteiger partial charge in [0.1, 0.15) is 0 Å². The van der Waals surface area contributed by atoms with Crippen LogP contribution in [0.2, 0.25) is 0 Å². The van der Waals surface area contributed by atoms with Crippen LogP contribution in [-0.4, -0.2) is 0 Å². The number of rotatable bonds is 5. The zero-order valence-electron chi connectivity index (χ0n) is 15.1. The SMILES string of the molecule is C=Cc1c(C)c(/C=C\C)c2cc(C(C)CC)ccc2c1/C=C\C. The van der Waals surface area contributed by atoms with E-state index in [1.165, 1.54) is 38.6 Å². The summed E-state index contributed by atoms with van der Waals surface area (Å²) in [6.45, 7) is 14.9. The minimum Gasteiger partial charge on any atom is -0.0984 e. The lowest BCUT2D eigenvalue weighted by atomic mass is 9.86. The molecule has 0 amide bonds. The van der Waals surface area contributed by atoms with Crippen molar-refractivity contribution < 1.29 is 0 Å². The first-order valence-corrected chi connectivity index (χ1v) is 8.57. The second-order valence-electron chi connectivity index (χ2n) is 6.18. The highest BCUT2D eigenvalue weighted by Crippen LogP contribution is 2.35. The first kappa shape index (κ1) is 17.3. The summed E-state index contributed by atoms with van der Waals surface area (Å²) in [4.78, 5) is 0. The van der Waals surface area contributed by atoms with E-state index >= 15 is 0 Å². The average molecular weight is 304 g/mol. The summed E-state index contributed by atoms with van der Waals surface area (Å²) in [6.07, 6.45) is 11.8. The summed E-state index contributed by atoms with van der Waals surface area (Å²) in [5, 5.41) is 2.65. The Balaban J connectivity index is 2.96. The van der Waals surface area contributed by atoms with Gasteiger partial charge in [0.25, 0.3) is 0 Å². The topological polar surface area (TPSA) is 0 Å². The average Bonchev–Trinajstić information content (AvgIpc) is 2.57. The third-order valence-corrected chi connectivity index (χ3v) is 4.77. The zero-order chi connectivity index (χ0) is 17.0. The number of hydrogen-bond donors (Lipinski definition) is 0. The lowest BCUT2D eigenvalue weighted by Gasteiger charge is -2.18. The number of benzene rings is 2. The fourth-order valence-corrected chi connectivity index (χ4v) is 3.25. The summed E-state index contributed by atoms with van der Waals surface area (Å²) in [7, 11) is 0. The summed E-state index contributed by atoms with van der Waals surface area (Å²) in [5.74, 6) is 0.586. The monoisotopic (exact) mass is 304 g/mol. The van der Waals surface area contributed by atoms with Crippen molar-refractivity contribution in [3.63, 3.8) is 0 Å². The van der Waals surface area contributed by atoms with Crippen LogP contribution in [0.25, 0.3) is 29.0 Å². The van der Waals surface area contributed by atoms with Gasteiger partial charge in [-0.15, -0.1) is 0 Å². The van der Waals surface area contributed by atoms with Gasteiger partial charge in [-0.1, -0.05) is 69.0 Å². The molecular weight excluding hydrogens is 276 g/mol. The van der Waals surface area contributed by atoms with Gasteiger partial charge in [-0.25, -0.2) is 0 Å². The van der Waals surface area contributed by atoms with Crippen molar-refractivity contribution in [2.24, 2.45) is 0 Å². The fourth-order valence-electron chi connectivity index (χ4n) is 3.25. The van der Waals surface area contributed by atoms with E-state index in [1.807, 2.05) is 6.08 Å². The van der Waals surface area contributed by atoms with Crippen molar-refractivity contribution in [3.8, 4) is 0 Å². The van der Waals surface area contributed by atoms with E-state index < -0.39 is 0 Å². The lowest BCUT2D eigenvalue weighted by Crippen LogP contribution is -1.97. The molecule has 0 aromatic heterocycles. The van der Waals surface area contributed by atoms with Gasteiger partial charge in [0.2, 0.25) is 0 Å². The van der Waals surface area contributed by atoms with Crippen LogP contribution in [0.4, 0.5) is 0 Å². The molecule has 0 aliphatic rings. The van der Waals surface area contributed by atoms with E-state index in [2.05, 4.69) is 83.7 Å². The smallest absolute Gasteiger partial charge is 0.00991 e. The van der Waals surface area contributed by atoms with Crippen molar-refractivity contribution in [3.05, 3.63) is 64.7 Å². The zero-order valence-corrected chi connectivity index (χ0v) is 15.1. The Morgan fingerprint density at radius 2 is 1.65 bits per heavy atom. The molecule has 0 saturated carbocycles. The van der Waals surface area contributed by atoms with Crippen LogP contribution in [0.3, 0.4) is 0 Å². The first-order chi connectivity index (χ1) is 11.1. The van der Waals surface area contributed by atoms with Gasteiger partial charge in [0.05, 0.1) is 0 Å². The van der Waals surface area contributed by atoms with Gasteiger partial charge in [-0.05, 0) is 71.7 Å². The maximum absolute atomic E-state index is 4.04. The minimum absolute atomic E-state index is 0.586. The highest BCUT2D eigenvalue weighted by molar-refractivity contribution is 6.01. The molecule has 2 rings (SSSR count). The van der Waals surface area contributed by atoms with E-state index in [1.54, 1.807) is 0 Å². The Hall–Kier alpha value is -2.08. The molecular formula is C23H28. The second-order valence-corrected chi connectivity index (χ2v) is 6.18. The number of hydrogen-bond acceptors (Lipinski definition) is 0. The number of allylic oxidation sites excluding steroid dienone is 2. The van der Waals surface area contributed by atoms with Gasteiger partial charge in [0, 0.05) is 0 Å². The van der Waals surface area contributed by atoms with E-state index in [4.69, 9.17) is 0 Å². The summed E-state index contributed by atoms with van der Waals surface area (Å²) in [6, 6.07) is 6.95. The van der Waals surface area contributed by atoms with Crippen LogP contribution in [0.1, 0.15) is 67.9 Å². The molecule has 0 heterocycles. The fraction of sp³-hybridized carbons (Fsp3) is 0.304. The predicted molar refractivity (Wildman–Crippen MR) is 107 cm³/mol. The molecule has 0 N–H and O–H groups in total. The lowest BCUT2D eigenvalue weighted by molar-refractivity contribution is 0.735. The van der Waals surface area contributed by atoms with E-state index in [0.717, 1.165) is 6.42 Å². The molecule has 0 spiro atoms. The maximum Gasteiger partial charge on any atom is -0.00991 e. The minimum atomic E-state index is 0.586. The predicted octanol–water partition coefficient (Wildman–Crippen LogP) is 7.37. The van der Waals surface area contributed by atoms with Crippen LogP contribution in [-0.2, 0) is 0 Å². The van der Waals surface area contributed by atoms with Gasteiger partial charge in [-0.3, -0.25) is 0 Å². The second kappa shape index (κ2) is 7.46. The van der Waals surface area contributed by atoms with Gasteiger partial charge >= 0.3 is 0 Å². The molecule has 0 saturated heterocycles. The molecule has 2 aromatic rings. The van der Waals surface area contributed by atoms with E-state index in [9.17, 15) is 0 Å². The standard InChI is InChI=1S/C23H28/c1-7-11-20-17(6)19(10-4)21(12-8-2)22-14-13-18(15-23(20)22)16(5)9-3/h7-8,10-16H,4,9H2,1-3,5-6H3/b11-7-,12-8-. The van der Waals surface area contributed by atoms with Crippen molar-refractivity contribution >= 4 is 29.0 Å². The Morgan fingerprint density at radius 1 is 1.00 bits per heavy atom. The Morgan fingerprint density at radius 3 is 2.22 bits per heavy atom. The van der Waals surface area contributed by atoms with Crippen molar-refractivity contribution in [1.82, 2.24) is 0 Å². The summed E-state index contributed by atoms with van der Waals surface area (Å²) in [5.41, 5.74) is 6.55. The van der Waals surface area contributed by atoms with Crippen LogP contribution in [0.5, 0.6) is 0 Å². The normalized spacial score (nSPS) is 13.3. The van der Waals surface area contributed by atoms with Crippen molar-refractivity contribution in [2.45, 2.75) is 47.0 Å². The Bertz CT molecular complexity index is 772. The first-order valence-electron chi connectivity index (χ1n) is 8.57. The summed E-state index contributed by atoms with van der Waals surface area (Å²) < 4.78 is 0.